The molecule has 2 aromatic carbocycles. The third-order valence-corrected chi connectivity index (χ3v) is 6.09. The van der Waals surface area contributed by atoms with Crippen LogP contribution in [0.4, 0.5) is 11.4 Å². The molecule has 2 aromatic rings. The summed E-state index contributed by atoms with van der Waals surface area (Å²) in [4.78, 5) is 11.7. The van der Waals surface area contributed by atoms with Gasteiger partial charge in [0.2, 0.25) is 0 Å². The maximum Gasteiger partial charge on any atom is 0.265 e. The Morgan fingerprint density at radius 3 is 2.52 bits per heavy atom. The first kappa shape index (κ1) is 19.3. The van der Waals surface area contributed by atoms with E-state index in [1.165, 1.54) is 13.2 Å². The second-order valence-electron chi connectivity index (χ2n) is 6.10. The molecule has 0 fully saturated rings. The number of nitrogens with one attached hydrogen (secondary N) is 2. The predicted molar refractivity (Wildman–Crippen MR) is 106 cm³/mol. The molecule has 8 heteroatoms. The maximum atomic E-state index is 12.7. The molecule has 0 unspecified atom stereocenters. The van der Waals surface area contributed by atoms with Gasteiger partial charge in [-0.05, 0) is 43.7 Å². The van der Waals surface area contributed by atoms with Crippen molar-refractivity contribution in [1.82, 2.24) is 0 Å². The number of ketones is 1. The normalized spacial score (nSPS) is 14.4. The van der Waals surface area contributed by atoms with Gasteiger partial charge in [0.05, 0.1) is 23.5 Å². The fraction of sp³-hybridized carbons (Fsp3) is 0.211. The van der Waals surface area contributed by atoms with E-state index in [1.807, 2.05) is 0 Å². The molecule has 142 valence electrons. The van der Waals surface area contributed by atoms with Crippen LogP contribution in [0.2, 0.25) is 5.02 Å². The molecule has 0 amide bonds. The van der Waals surface area contributed by atoms with E-state index >= 15 is 0 Å². The fourth-order valence-electron chi connectivity index (χ4n) is 2.84. The average molecular weight is 407 g/mol. The molecular formula is C19H19ClN2O4S. The summed E-state index contributed by atoms with van der Waals surface area (Å²) in [7, 11) is -2.43. The van der Waals surface area contributed by atoms with Crippen LogP contribution in [0.5, 0.6) is 5.75 Å². The minimum Gasteiger partial charge on any atom is -0.495 e. The van der Waals surface area contributed by atoms with Gasteiger partial charge in [0, 0.05) is 17.7 Å². The largest absolute Gasteiger partial charge is 0.495 e. The number of benzene rings is 2. The highest BCUT2D eigenvalue weighted by Crippen LogP contribution is 2.32. The average Bonchev–Trinajstić information content (AvgIpc) is 2.96. The van der Waals surface area contributed by atoms with E-state index in [-0.39, 0.29) is 16.4 Å². The number of rotatable bonds is 6. The summed E-state index contributed by atoms with van der Waals surface area (Å²) in [6.07, 6.45) is 1.07. The molecule has 0 saturated carbocycles. The molecule has 27 heavy (non-hydrogen) atoms. The number of carbonyl (C=O) groups is 1. The zero-order valence-electron chi connectivity index (χ0n) is 14.9. The molecule has 1 aliphatic carbocycles. The molecule has 1 aliphatic rings. The van der Waals surface area contributed by atoms with Crippen molar-refractivity contribution in [3.05, 3.63) is 58.8 Å². The minimum absolute atomic E-state index is 0.0388. The SMILES string of the molecule is COc1ccccc1S(=O)(=O)Nc1ccc(Cl)c(NC2=C(C)C(=O)CC2)c1. The first-order valence-electron chi connectivity index (χ1n) is 8.27. The summed E-state index contributed by atoms with van der Waals surface area (Å²) in [6, 6.07) is 11.1. The quantitative estimate of drug-likeness (QED) is 0.751. The first-order valence-corrected chi connectivity index (χ1v) is 10.1. The third-order valence-electron chi connectivity index (χ3n) is 4.34. The van der Waals surface area contributed by atoms with Crippen LogP contribution >= 0.6 is 11.6 Å². The second kappa shape index (κ2) is 7.62. The van der Waals surface area contributed by atoms with Crippen LogP contribution in [-0.4, -0.2) is 21.3 Å². The number of anilines is 2. The molecule has 0 aromatic heterocycles. The van der Waals surface area contributed by atoms with Crippen LogP contribution in [0.15, 0.2) is 58.6 Å². The zero-order valence-corrected chi connectivity index (χ0v) is 16.4. The molecular weight excluding hydrogens is 388 g/mol. The topological polar surface area (TPSA) is 84.5 Å². The Morgan fingerprint density at radius 2 is 1.85 bits per heavy atom. The number of para-hydroxylation sites is 1. The monoisotopic (exact) mass is 406 g/mol. The van der Waals surface area contributed by atoms with E-state index in [2.05, 4.69) is 10.0 Å². The summed E-state index contributed by atoms with van der Waals surface area (Å²) < 4.78 is 33.1. The molecule has 0 radical (unpaired) electrons. The Balaban J connectivity index is 1.89. The summed E-state index contributed by atoms with van der Waals surface area (Å²) in [5.41, 5.74) is 2.34. The van der Waals surface area contributed by atoms with E-state index in [0.29, 0.717) is 34.8 Å². The van der Waals surface area contributed by atoms with Crippen molar-refractivity contribution < 1.29 is 17.9 Å². The van der Waals surface area contributed by atoms with Gasteiger partial charge in [-0.2, -0.15) is 0 Å². The predicted octanol–water partition coefficient (Wildman–Crippen LogP) is 4.20. The Morgan fingerprint density at radius 1 is 1.11 bits per heavy atom. The number of allylic oxidation sites excluding steroid dienone is 2. The van der Waals surface area contributed by atoms with Crippen LogP contribution in [-0.2, 0) is 14.8 Å². The molecule has 2 N–H and O–H groups in total. The number of methoxy groups -OCH3 is 1. The lowest BCUT2D eigenvalue weighted by Crippen LogP contribution is -2.14. The number of sulfonamides is 1. The molecule has 0 heterocycles. The number of carbonyl (C=O) groups excluding carboxylic acids is 1. The van der Waals surface area contributed by atoms with Gasteiger partial charge < -0.3 is 10.1 Å². The van der Waals surface area contributed by atoms with Crippen molar-refractivity contribution in [3.63, 3.8) is 0 Å². The second-order valence-corrected chi connectivity index (χ2v) is 8.16. The maximum absolute atomic E-state index is 12.7. The lowest BCUT2D eigenvalue weighted by atomic mass is 10.2. The fourth-order valence-corrected chi connectivity index (χ4v) is 4.22. The molecule has 0 aliphatic heterocycles. The standard InChI is InChI=1S/C19H19ClN2O4S/c1-12-15(9-10-17(12)23)21-16-11-13(7-8-14(16)20)22-27(24,25)19-6-4-3-5-18(19)26-2/h3-8,11,21-22H,9-10H2,1-2H3. The lowest BCUT2D eigenvalue weighted by Gasteiger charge is -2.14. The highest BCUT2D eigenvalue weighted by atomic mass is 35.5. The van der Waals surface area contributed by atoms with Crippen molar-refractivity contribution in [3.8, 4) is 5.75 Å². The Labute approximate surface area is 163 Å². The van der Waals surface area contributed by atoms with Gasteiger partial charge in [0.25, 0.3) is 10.0 Å². The number of ether oxygens (including phenoxy) is 1. The third kappa shape index (κ3) is 4.09. The van der Waals surface area contributed by atoms with Crippen molar-refractivity contribution >= 4 is 38.8 Å². The molecule has 0 spiro atoms. The van der Waals surface area contributed by atoms with Crippen molar-refractivity contribution in [1.29, 1.82) is 0 Å². The summed E-state index contributed by atoms with van der Waals surface area (Å²) in [5, 5.41) is 3.57. The summed E-state index contributed by atoms with van der Waals surface area (Å²) in [6.45, 7) is 1.76. The van der Waals surface area contributed by atoms with Crippen LogP contribution in [0.25, 0.3) is 0 Å². The van der Waals surface area contributed by atoms with Crippen LogP contribution in [0.1, 0.15) is 19.8 Å². The van der Waals surface area contributed by atoms with E-state index in [4.69, 9.17) is 16.3 Å². The van der Waals surface area contributed by atoms with Crippen molar-refractivity contribution in [2.75, 3.05) is 17.1 Å². The molecule has 0 bridgehead atoms. The van der Waals surface area contributed by atoms with Gasteiger partial charge in [0.15, 0.2) is 5.78 Å². The van der Waals surface area contributed by atoms with Gasteiger partial charge in [-0.25, -0.2) is 8.42 Å². The summed E-state index contributed by atoms with van der Waals surface area (Å²) >= 11 is 6.23. The molecule has 6 nitrogen and oxygen atoms in total. The molecule has 0 saturated heterocycles. The number of hydrogen-bond donors (Lipinski definition) is 2. The number of Topliss-reactive ketones (excluding diaryl/α,β-unsaturated/α-hetero) is 1. The van der Waals surface area contributed by atoms with E-state index in [0.717, 1.165) is 5.70 Å². The van der Waals surface area contributed by atoms with Gasteiger partial charge in [-0.3, -0.25) is 9.52 Å². The van der Waals surface area contributed by atoms with E-state index < -0.39 is 10.0 Å². The Kier molecular flexibility index (Phi) is 5.43. The van der Waals surface area contributed by atoms with Crippen LogP contribution in [0.3, 0.4) is 0 Å². The summed E-state index contributed by atoms with van der Waals surface area (Å²) in [5.74, 6) is 0.351. The van der Waals surface area contributed by atoms with Crippen LogP contribution in [0, 0.1) is 0 Å². The smallest absolute Gasteiger partial charge is 0.265 e. The number of halogens is 1. The number of hydrogen-bond acceptors (Lipinski definition) is 5. The highest BCUT2D eigenvalue weighted by Gasteiger charge is 2.21. The lowest BCUT2D eigenvalue weighted by molar-refractivity contribution is -0.114. The molecule has 0 atom stereocenters. The van der Waals surface area contributed by atoms with E-state index in [1.54, 1.807) is 43.3 Å². The molecule has 3 rings (SSSR count). The zero-order chi connectivity index (χ0) is 19.6. The van der Waals surface area contributed by atoms with Crippen molar-refractivity contribution in [2.24, 2.45) is 0 Å². The first-order chi connectivity index (χ1) is 12.8. The van der Waals surface area contributed by atoms with Gasteiger partial charge in [-0.1, -0.05) is 23.7 Å². The van der Waals surface area contributed by atoms with Gasteiger partial charge in [0.1, 0.15) is 10.6 Å². The Bertz CT molecular complexity index is 1030. The minimum atomic E-state index is -3.84. The van der Waals surface area contributed by atoms with Crippen LogP contribution < -0.4 is 14.8 Å². The Hall–Kier alpha value is -2.51. The van der Waals surface area contributed by atoms with E-state index in [9.17, 15) is 13.2 Å². The van der Waals surface area contributed by atoms with Crippen molar-refractivity contribution in [2.45, 2.75) is 24.7 Å². The highest BCUT2D eigenvalue weighted by molar-refractivity contribution is 7.92. The van der Waals surface area contributed by atoms with Gasteiger partial charge in [-0.15, -0.1) is 0 Å². The van der Waals surface area contributed by atoms with Gasteiger partial charge >= 0.3 is 0 Å².